The van der Waals surface area contributed by atoms with Crippen LogP contribution in [0.25, 0.3) is 10.9 Å². The van der Waals surface area contributed by atoms with Crippen LogP contribution in [-0.4, -0.2) is 31.8 Å². The molecule has 0 radical (unpaired) electrons. The molecule has 1 N–H and O–H groups in total. The minimum Gasteiger partial charge on any atom is -0.497 e. The minimum absolute atomic E-state index is 0.0286. The number of rotatable bonds is 6. The van der Waals surface area contributed by atoms with Gasteiger partial charge in [-0.25, -0.2) is 18.4 Å². The van der Waals surface area contributed by atoms with Gasteiger partial charge in [-0.1, -0.05) is 19.1 Å². The molecule has 0 fully saturated rings. The average molecular weight is 371 g/mol. The quantitative estimate of drug-likeness (QED) is 0.713. The third-order valence-corrected chi connectivity index (χ3v) is 5.38. The normalized spacial score (nSPS) is 12.7. The van der Waals surface area contributed by atoms with E-state index in [-0.39, 0.29) is 10.9 Å². The van der Waals surface area contributed by atoms with Gasteiger partial charge in [0.2, 0.25) is 0 Å². The molecule has 0 spiro atoms. The van der Waals surface area contributed by atoms with Crippen molar-refractivity contribution < 1.29 is 13.2 Å². The zero-order chi connectivity index (χ0) is 18.7. The van der Waals surface area contributed by atoms with Crippen LogP contribution in [0.1, 0.15) is 24.9 Å². The van der Waals surface area contributed by atoms with Crippen LogP contribution in [0, 0.1) is 0 Å². The third-order valence-electron chi connectivity index (χ3n) is 4.27. The largest absolute Gasteiger partial charge is 0.497 e. The van der Waals surface area contributed by atoms with Crippen molar-refractivity contribution in [1.82, 2.24) is 9.97 Å². The van der Waals surface area contributed by atoms with Crippen LogP contribution in [0.4, 0.5) is 5.82 Å². The first kappa shape index (κ1) is 18.1. The number of benzene rings is 2. The summed E-state index contributed by atoms with van der Waals surface area (Å²) in [6.45, 7) is 2.08. The molecule has 0 aliphatic rings. The van der Waals surface area contributed by atoms with E-state index in [1.807, 2.05) is 24.3 Å². The smallest absolute Gasteiger partial charge is 0.175 e. The molecule has 0 amide bonds. The maximum absolute atomic E-state index is 11.9. The highest BCUT2D eigenvalue weighted by Crippen LogP contribution is 2.28. The number of hydrogen-bond acceptors (Lipinski definition) is 6. The summed E-state index contributed by atoms with van der Waals surface area (Å²) in [6.07, 6.45) is 3.51. The standard InChI is InChI=1S/C19H21N3O3S/c1-4-17(13-5-7-14(25-2)8-6-13)22-19-16-11-15(26(3,23)24)9-10-18(16)20-12-21-19/h5-12,17H,4H2,1-3H3,(H,20,21,22). The second-order valence-electron chi connectivity index (χ2n) is 6.05. The molecule has 1 unspecified atom stereocenters. The van der Waals surface area contributed by atoms with E-state index in [0.717, 1.165) is 17.7 Å². The van der Waals surface area contributed by atoms with Gasteiger partial charge in [-0.05, 0) is 42.3 Å². The second-order valence-corrected chi connectivity index (χ2v) is 8.07. The monoisotopic (exact) mass is 371 g/mol. The molecule has 0 aliphatic carbocycles. The van der Waals surface area contributed by atoms with Gasteiger partial charge in [0.25, 0.3) is 0 Å². The summed E-state index contributed by atoms with van der Waals surface area (Å²) in [5.74, 6) is 1.41. The molecule has 0 bridgehead atoms. The second kappa shape index (κ2) is 7.29. The molecule has 136 valence electrons. The number of hydrogen-bond donors (Lipinski definition) is 1. The number of sulfone groups is 1. The highest BCUT2D eigenvalue weighted by Gasteiger charge is 2.15. The first-order chi connectivity index (χ1) is 12.4. The Balaban J connectivity index is 2.00. The summed E-state index contributed by atoms with van der Waals surface area (Å²) >= 11 is 0. The Morgan fingerprint density at radius 3 is 2.46 bits per heavy atom. The lowest BCUT2D eigenvalue weighted by Crippen LogP contribution is -2.11. The summed E-state index contributed by atoms with van der Waals surface area (Å²) in [5, 5.41) is 4.10. The molecule has 6 nitrogen and oxygen atoms in total. The number of nitrogens with one attached hydrogen (secondary N) is 1. The number of ether oxygens (including phenoxy) is 1. The Morgan fingerprint density at radius 1 is 1.12 bits per heavy atom. The van der Waals surface area contributed by atoms with Gasteiger partial charge in [-0.15, -0.1) is 0 Å². The van der Waals surface area contributed by atoms with Crippen LogP contribution in [0.5, 0.6) is 5.75 Å². The molecule has 0 aliphatic heterocycles. The van der Waals surface area contributed by atoms with Gasteiger partial charge in [-0.2, -0.15) is 0 Å². The van der Waals surface area contributed by atoms with Crippen LogP contribution in [-0.2, 0) is 9.84 Å². The van der Waals surface area contributed by atoms with Crippen molar-refractivity contribution in [2.75, 3.05) is 18.7 Å². The highest BCUT2D eigenvalue weighted by atomic mass is 32.2. The van der Waals surface area contributed by atoms with E-state index in [0.29, 0.717) is 16.7 Å². The lowest BCUT2D eigenvalue weighted by molar-refractivity contribution is 0.414. The van der Waals surface area contributed by atoms with Gasteiger partial charge >= 0.3 is 0 Å². The van der Waals surface area contributed by atoms with Gasteiger partial charge < -0.3 is 10.1 Å². The van der Waals surface area contributed by atoms with Crippen LogP contribution >= 0.6 is 0 Å². The minimum atomic E-state index is -3.30. The van der Waals surface area contributed by atoms with Crippen molar-refractivity contribution in [2.24, 2.45) is 0 Å². The van der Waals surface area contributed by atoms with Crippen LogP contribution in [0.3, 0.4) is 0 Å². The van der Waals surface area contributed by atoms with E-state index < -0.39 is 9.84 Å². The summed E-state index contributed by atoms with van der Waals surface area (Å²) in [6, 6.07) is 12.8. The van der Waals surface area contributed by atoms with Crippen molar-refractivity contribution in [2.45, 2.75) is 24.3 Å². The van der Waals surface area contributed by atoms with E-state index in [9.17, 15) is 8.42 Å². The molecule has 1 heterocycles. The number of fused-ring (bicyclic) bond motifs is 1. The van der Waals surface area contributed by atoms with E-state index in [4.69, 9.17) is 4.74 Å². The maximum atomic E-state index is 11.9. The lowest BCUT2D eigenvalue weighted by atomic mass is 10.0. The van der Waals surface area contributed by atoms with E-state index in [1.54, 1.807) is 25.3 Å². The lowest BCUT2D eigenvalue weighted by Gasteiger charge is -2.19. The highest BCUT2D eigenvalue weighted by molar-refractivity contribution is 7.90. The Bertz CT molecular complexity index is 1020. The summed E-state index contributed by atoms with van der Waals surface area (Å²) < 4.78 is 29.0. The summed E-state index contributed by atoms with van der Waals surface area (Å²) in [4.78, 5) is 8.82. The molecular formula is C19H21N3O3S. The molecule has 2 aromatic carbocycles. The molecule has 26 heavy (non-hydrogen) atoms. The third kappa shape index (κ3) is 3.77. The Labute approximate surface area is 153 Å². The van der Waals surface area contributed by atoms with Gasteiger partial charge in [0.05, 0.1) is 23.6 Å². The van der Waals surface area contributed by atoms with Gasteiger partial charge in [0, 0.05) is 11.6 Å². The fourth-order valence-electron chi connectivity index (χ4n) is 2.80. The molecule has 0 saturated carbocycles. The topological polar surface area (TPSA) is 81.2 Å². The molecule has 7 heteroatoms. The molecule has 0 saturated heterocycles. The molecule has 3 rings (SSSR count). The predicted molar refractivity (Wildman–Crippen MR) is 102 cm³/mol. The predicted octanol–water partition coefficient (Wildman–Crippen LogP) is 3.61. The van der Waals surface area contributed by atoms with E-state index >= 15 is 0 Å². The van der Waals surface area contributed by atoms with E-state index in [2.05, 4.69) is 22.2 Å². The number of anilines is 1. The first-order valence-corrected chi connectivity index (χ1v) is 10.2. The van der Waals surface area contributed by atoms with Crippen molar-refractivity contribution in [3.8, 4) is 5.75 Å². The summed E-state index contributed by atoms with van der Waals surface area (Å²) in [5.41, 5.74) is 1.79. The van der Waals surface area contributed by atoms with Crippen LogP contribution < -0.4 is 10.1 Å². The zero-order valence-electron chi connectivity index (χ0n) is 14.9. The Morgan fingerprint density at radius 2 is 1.85 bits per heavy atom. The summed E-state index contributed by atoms with van der Waals surface area (Å²) in [7, 11) is -1.67. The molecule has 3 aromatic rings. The number of nitrogens with zero attached hydrogens (tertiary/aromatic N) is 2. The Hall–Kier alpha value is -2.67. The van der Waals surface area contributed by atoms with Crippen molar-refractivity contribution in [1.29, 1.82) is 0 Å². The number of aromatic nitrogens is 2. The zero-order valence-corrected chi connectivity index (χ0v) is 15.7. The first-order valence-electron chi connectivity index (χ1n) is 8.27. The SMILES string of the molecule is CCC(Nc1ncnc2ccc(S(C)(=O)=O)cc12)c1ccc(OC)cc1. The maximum Gasteiger partial charge on any atom is 0.175 e. The average Bonchev–Trinajstić information content (AvgIpc) is 2.65. The number of methoxy groups -OCH3 is 1. The van der Waals surface area contributed by atoms with Crippen molar-refractivity contribution >= 4 is 26.6 Å². The van der Waals surface area contributed by atoms with Gasteiger partial charge in [0.1, 0.15) is 17.9 Å². The molecule has 1 aromatic heterocycles. The fraction of sp³-hybridized carbons (Fsp3) is 0.263. The van der Waals surface area contributed by atoms with Crippen LogP contribution in [0.15, 0.2) is 53.7 Å². The molecule has 1 atom stereocenters. The van der Waals surface area contributed by atoms with Crippen molar-refractivity contribution in [3.05, 3.63) is 54.4 Å². The Kier molecular flexibility index (Phi) is 5.08. The van der Waals surface area contributed by atoms with E-state index in [1.165, 1.54) is 12.6 Å². The van der Waals surface area contributed by atoms with Gasteiger partial charge in [-0.3, -0.25) is 0 Å². The molecular weight excluding hydrogens is 350 g/mol. The van der Waals surface area contributed by atoms with Crippen molar-refractivity contribution in [3.63, 3.8) is 0 Å². The van der Waals surface area contributed by atoms with Crippen LogP contribution in [0.2, 0.25) is 0 Å². The fourth-order valence-corrected chi connectivity index (χ4v) is 3.45. The van der Waals surface area contributed by atoms with Gasteiger partial charge in [0.15, 0.2) is 9.84 Å².